The second-order valence-electron chi connectivity index (χ2n) is 9.37. The number of hydrogen-bond acceptors (Lipinski definition) is 3. The van der Waals surface area contributed by atoms with E-state index in [0.717, 1.165) is 44.2 Å². The van der Waals surface area contributed by atoms with Crippen molar-refractivity contribution < 1.29 is 18.7 Å². The molecule has 0 radical (unpaired) electrons. The van der Waals surface area contributed by atoms with Gasteiger partial charge in [-0.05, 0) is 65.6 Å². The minimum absolute atomic E-state index is 0.245. The van der Waals surface area contributed by atoms with Crippen LogP contribution in [0, 0.1) is 6.92 Å². The van der Waals surface area contributed by atoms with Crippen molar-refractivity contribution in [1.29, 1.82) is 0 Å². The molecule has 3 amide bonds. The normalized spacial score (nSPS) is 15.2. The molecule has 0 atom stereocenters. The molecule has 1 aromatic heterocycles. The van der Waals surface area contributed by atoms with Crippen LogP contribution in [0.1, 0.15) is 21.5 Å². The van der Waals surface area contributed by atoms with Crippen molar-refractivity contribution in [1.82, 2.24) is 9.88 Å². The number of nitrogens with zero attached hydrogens (tertiary/aromatic N) is 2. The number of primary amides is 1. The van der Waals surface area contributed by atoms with Gasteiger partial charge in [-0.2, -0.15) is 0 Å². The molecule has 8 heteroatoms. The van der Waals surface area contributed by atoms with Gasteiger partial charge in [-0.15, -0.1) is 0 Å². The predicted octanol–water partition coefficient (Wildman–Crippen LogP) is 6.05. The average Bonchev–Trinajstić information content (AvgIpc) is 3.28. The van der Waals surface area contributed by atoms with Crippen LogP contribution in [-0.2, 0) is 11.3 Å². The molecule has 2 aliphatic heterocycles. The topological polar surface area (TPSA) is 91.7 Å². The van der Waals surface area contributed by atoms with Gasteiger partial charge in [0, 0.05) is 41.8 Å². The maximum absolute atomic E-state index is 14.3. The Morgan fingerprint density at radius 2 is 2.00 bits per heavy atom. The van der Waals surface area contributed by atoms with Crippen LogP contribution in [0.5, 0.6) is 0 Å². The number of benzene rings is 3. The summed E-state index contributed by atoms with van der Waals surface area (Å²) in [5, 5.41) is 1.82. The number of amides is 3. The lowest BCUT2D eigenvalue weighted by atomic mass is 9.93. The van der Waals surface area contributed by atoms with Crippen LogP contribution in [0.2, 0.25) is 0 Å². The Kier molecular flexibility index (Phi) is 5.61. The number of carbonyl (C=O) groups excluding carboxylic acids is 2. The maximum atomic E-state index is 14.3. The molecule has 3 aromatic carbocycles. The summed E-state index contributed by atoms with van der Waals surface area (Å²) in [5.74, 6) is -0.955. The van der Waals surface area contributed by atoms with E-state index in [-0.39, 0.29) is 18.3 Å². The molecule has 3 heterocycles. The predicted molar refractivity (Wildman–Crippen MR) is 146 cm³/mol. The lowest BCUT2D eigenvalue weighted by molar-refractivity contribution is 0.100. The molecule has 2 aliphatic rings. The molecule has 190 valence electrons. The van der Waals surface area contributed by atoms with Gasteiger partial charge in [-0.3, -0.25) is 14.6 Å². The van der Waals surface area contributed by atoms with Crippen LogP contribution >= 0.6 is 0 Å². The van der Waals surface area contributed by atoms with Gasteiger partial charge < -0.3 is 15.5 Å². The molecule has 7 nitrogen and oxygen atoms in total. The number of ether oxygens (including phenoxy) is 1. The number of allylic oxidation sites excluding steroid dienone is 3. The number of carbonyl (C=O) groups is 2. The van der Waals surface area contributed by atoms with Gasteiger partial charge in [0.15, 0.2) is 0 Å². The Hall–Kier alpha value is -4.69. The Balaban J connectivity index is 1.53. The van der Waals surface area contributed by atoms with E-state index in [1.54, 1.807) is 30.4 Å². The zero-order valence-corrected chi connectivity index (χ0v) is 20.9. The summed E-state index contributed by atoms with van der Waals surface area (Å²) >= 11 is 0. The van der Waals surface area contributed by atoms with Gasteiger partial charge in [0.25, 0.3) is 5.91 Å². The average molecular weight is 509 g/mol. The van der Waals surface area contributed by atoms with Crippen LogP contribution in [-0.4, -0.2) is 35.5 Å². The number of nitrogens with two attached hydrogens (primary N) is 1. The summed E-state index contributed by atoms with van der Waals surface area (Å²) in [6.07, 6.45) is 6.14. The highest BCUT2D eigenvalue weighted by Gasteiger charge is 2.32. The van der Waals surface area contributed by atoms with E-state index in [1.165, 1.54) is 17.1 Å². The zero-order chi connectivity index (χ0) is 26.6. The molecule has 38 heavy (non-hydrogen) atoms. The highest BCUT2D eigenvalue weighted by atomic mass is 19.1. The van der Waals surface area contributed by atoms with Gasteiger partial charge in [0.2, 0.25) is 0 Å². The first-order chi connectivity index (χ1) is 18.4. The minimum Gasteiger partial charge on any atom is -0.380 e. The Morgan fingerprint density at radius 1 is 1.16 bits per heavy atom. The van der Waals surface area contributed by atoms with Crippen LogP contribution < -0.4 is 10.6 Å². The van der Waals surface area contributed by atoms with Gasteiger partial charge >= 0.3 is 6.03 Å². The molecule has 0 saturated heterocycles. The van der Waals surface area contributed by atoms with Crippen LogP contribution in [0.4, 0.5) is 14.9 Å². The quantitative estimate of drug-likeness (QED) is 0.344. The molecule has 0 fully saturated rings. The van der Waals surface area contributed by atoms with Crippen molar-refractivity contribution in [2.75, 3.05) is 18.6 Å². The molecule has 0 bridgehead atoms. The van der Waals surface area contributed by atoms with E-state index in [2.05, 4.69) is 4.98 Å². The fourth-order valence-electron chi connectivity index (χ4n) is 5.40. The van der Waals surface area contributed by atoms with E-state index in [1.807, 2.05) is 49.4 Å². The van der Waals surface area contributed by atoms with Crippen molar-refractivity contribution >= 4 is 39.4 Å². The first kappa shape index (κ1) is 23.7. The fraction of sp³-hybridized carbons (Fsp3) is 0.133. The maximum Gasteiger partial charge on any atom is 0.333 e. The number of halogens is 1. The lowest BCUT2D eigenvalue weighted by Crippen LogP contribution is -2.45. The standard InChI is InChI=1S/C30H25FN4O3/c1-17-19(5-3-7-25(17)35-14-12-26-23(31)6-4-13-34(26)30(35)37)20-10-11-22(29(32)36)28-27(20)21-9-8-18(16-38-2)15-24(21)33-28/h3-13,15,33H,14,16H2,1-2H3,(H2,32,36). The largest absolute Gasteiger partial charge is 0.380 e. The monoisotopic (exact) mass is 508 g/mol. The number of anilines is 1. The molecule has 3 N–H and O–H groups in total. The number of nitrogens with one attached hydrogen (secondary N) is 1. The number of rotatable bonds is 5. The number of urea groups is 1. The van der Waals surface area contributed by atoms with Crippen LogP contribution in [0.25, 0.3) is 32.9 Å². The van der Waals surface area contributed by atoms with Crippen molar-refractivity contribution in [3.8, 4) is 11.1 Å². The van der Waals surface area contributed by atoms with Gasteiger partial charge in [0.1, 0.15) is 5.83 Å². The van der Waals surface area contributed by atoms with Gasteiger partial charge in [0.05, 0.1) is 23.4 Å². The van der Waals surface area contributed by atoms with Crippen molar-refractivity contribution in [3.05, 3.63) is 101 Å². The molecule has 6 rings (SSSR count). The summed E-state index contributed by atoms with van der Waals surface area (Å²) in [6.45, 7) is 2.67. The third-order valence-corrected chi connectivity index (χ3v) is 7.17. The van der Waals surface area contributed by atoms with E-state index < -0.39 is 11.7 Å². The summed E-state index contributed by atoms with van der Waals surface area (Å²) < 4.78 is 19.6. The van der Waals surface area contributed by atoms with E-state index >= 15 is 0 Å². The fourth-order valence-corrected chi connectivity index (χ4v) is 5.40. The number of H-pyrrole nitrogens is 1. The molecule has 4 aromatic rings. The second kappa shape index (κ2) is 9.00. The Labute approximate surface area is 218 Å². The third-order valence-electron chi connectivity index (χ3n) is 7.17. The number of aromatic amines is 1. The van der Waals surface area contributed by atoms with E-state index in [4.69, 9.17) is 10.5 Å². The smallest absolute Gasteiger partial charge is 0.333 e. The highest BCUT2D eigenvalue weighted by molar-refractivity contribution is 6.20. The summed E-state index contributed by atoms with van der Waals surface area (Å²) in [6, 6.07) is 15.1. The number of aromatic nitrogens is 1. The second-order valence-corrected chi connectivity index (χ2v) is 9.37. The van der Waals surface area contributed by atoms with Crippen LogP contribution in [0.3, 0.4) is 0 Å². The molecular formula is C30H25FN4O3. The first-order valence-electron chi connectivity index (χ1n) is 12.2. The number of methoxy groups -OCH3 is 1. The molecule has 0 saturated carbocycles. The van der Waals surface area contributed by atoms with Crippen LogP contribution in [0.15, 0.2) is 84.5 Å². The molecule has 0 unspecified atom stereocenters. The third kappa shape index (κ3) is 3.61. The molecule has 0 aliphatic carbocycles. The highest BCUT2D eigenvalue weighted by Crippen LogP contribution is 2.41. The van der Waals surface area contributed by atoms with Gasteiger partial charge in [-0.1, -0.05) is 30.3 Å². The molecule has 0 spiro atoms. The number of fused-ring (bicyclic) bond motifs is 4. The van der Waals surface area contributed by atoms with E-state index in [9.17, 15) is 14.0 Å². The van der Waals surface area contributed by atoms with Crippen molar-refractivity contribution in [3.63, 3.8) is 0 Å². The van der Waals surface area contributed by atoms with Crippen molar-refractivity contribution in [2.45, 2.75) is 13.5 Å². The van der Waals surface area contributed by atoms with E-state index in [0.29, 0.717) is 17.7 Å². The Bertz CT molecular complexity index is 1750. The molecular weight excluding hydrogens is 483 g/mol. The lowest BCUT2D eigenvalue weighted by Gasteiger charge is -2.35. The van der Waals surface area contributed by atoms with Gasteiger partial charge in [-0.25, -0.2) is 9.18 Å². The zero-order valence-electron chi connectivity index (χ0n) is 20.9. The first-order valence-corrected chi connectivity index (χ1v) is 12.2. The summed E-state index contributed by atoms with van der Waals surface area (Å²) in [4.78, 5) is 32.0. The Morgan fingerprint density at radius 3 is 2.79 bits per heavy atom. The number of hydrogen-bond donors (Lipinski definition) is 2. The summed E-state index contributed by atoms with van der Waals surface area (Å²) in [7, 11) is 1.65. The summed E-state index contributed by atoms with van der Waals surface area (Å²) in [5.41, 5.74) is 12.3. The SMILES string of the molecule is COCc1ccc2c(c1)[nH]c1c(C(N)=O)ccc(-c3cccc(N4CC=C5C(F)=CC=CN5C4=O)c3C)c12. The van der Waals surface area contributed by atoms with Crippen molar-refractivity contribution in [2.24, 2.45) is 5.73 Å². The minimum atomic E-state index is -0.520.